The van der Waals surface area contributed by atoms with Crippen LogP contribution in [0, 0.1) is 5.92 Å². The minimum atomic E-state index is -0.467. The Morgan fingerprint density at radius 2 is 1.74 bits per heavy atom. The molecule has 0 fully saturated rings. The van der Waals surface area contributed by atoms with Crippen LogP contribution in [0.5, 0.6) is 0 Å². The van der Waals surface area contributed by atoms with Crippen LogP contribution in [0.2, 0.25) is 10.0 Å². The third kappa shape index (κ3) is 6.48. The zero-order valence-corrected chi connectivity index (χ0v) is 15.1. The molecule has 0 saturated carbocycles. The zero-order valence-electron chi connectivity index (χ0n) is 13.6. The predicted molar refractivity (Wildman–Crippen MR) is 96.1 cm³/mol. The minimum Gasteiger partial charge on any atom is -0.397 e. The van der Waals surface area contributed by atoms with Gasteiger partial charge in [0.15, 0.2) is 0 Å². The number of aliphatic hydroxyl groups excluding tert-OH is 2. The summed E-state index contributed by atoms with van der Waals surface area (Å²) in [4.78, 5) is 4.34. The van der Waals surface area contributed by atoms with Gasteiger partial charge in [-0.25, -0.2) is 0 Å². The first kappa shape index (κ1) is 19.9. The van der Waals surface area contributed by atoms with Crippen molar-refractivity contribution in [1.82, 2.24) is 4.98 Å². The highest BCUT2D eigenvalue weighted by Gasteiger charge is 2.12. The molecule has 0 bridgehead atoms. The van der Waals surface area contributed by atoms with E-state index in [2.05, 4.69) is 4.98 Å². The first-order chi connectivity index (χ1) is 10.9. The van der Waals surface area contributed by atoms with Crippen LogP contribution < -0.4 is 0 Å². The number of rotatable bonds is 4. The molecule has 1 atom stereocenters. The summed E-state index contributed by atoms with van der Waals surface area (Å²) in [6, 6.07) is 9.35. The number of nitrogens with zero attached hydrogens (tertiary/aromatic N) is 1. The number of benzene rings is 1. The highest BCUT2D eigenvalue weighted by molar-refractivity contribution is 6.42. The second kappa shape index (κ2) is 9.89. The average Bonchev–Trinajstić information content (AvgIpc) is 2.51. The average molecular weight is 356 g/mol. The van der Waals surface area contributed by atoms with Gasteiger partial charge in [-0.05, 0) is 48.2 Å². The minimum absolute atomic E-state index is 0.176. The monoisotopic (exact) mass is 355 g/mol. The Balaban J connectivity index is 0.000000816. The van der Waals surface area contributed by atoms with Crippen LogP contribution in [0.4, 0.5) is 0 Å². The van der Waals surface area contributed by atoms with E-state index in [-0.39, 0.29) is 12.5 Å². The lowest BCUT2D eigenvalue weighted by Crippen LogP contribution is -2.06. The lowest BCUT2D eigenvalue weighted by Gasteiger charge is -2.15. The van der Waals surface area contributed by atoms with E-state index >= 15 is 0 Å². The summed E-state index contributed by atoms with van der Waals surface area (Å²) in [5, 5.41) is 18.8. The summed E-state index contributed by atoms with van der Waals surface area (Å²) in [5.74, 6) is 0.176. The van der Waals surface area contributed by atoms with Crippen molar-refractivity contribution in [1.29, 1.82) is 0 Å². The molecule has 0 amide bonds. The lowest BCUT2D eigenvalue weighted by molar-refractivity contribution is 0.126. The molecule has 1 aromatic carbocycles. The van der Waals surface area contributed by atoms with E-state index in [4.69, 9.17) is 28.3 Å². The molecule has 2 N–H and O–H groups in total. The number of aromatic nitrogens is 1. The molecule has 2 rings (SSSR count). The van der Waals surface area contributed by atoms with Crippen LogP contribution in [-0.4, -0.2) is 21.8 Å². The first-order valence-electron chi connectivity index (χ1n) is 7.56. The Labute approximate surface area is 147 Å². The number of pyridine rings is 1. The van der Waals surface area contributed by atoms with Gasteiger partial charge in [0.2, 0.25) is 0 Å². The van der Waals surface area contributed by atoms with E-state index in [9.17, 15) is 5.11 Å². The van der Waals surface area contributed by atoms with Crippen LogP contribution in [-0.2, 0) is 6.42 Å². The van der Waals surface area contributed by atoms with E-state index in [1.165, 1.54) is 0 Å². The maximum absolute atomic E-state index is 10.1. The van der Waals surface area contributed by atoms with E-state index in [0.29, 0.717) is 16.5 Å². The number of halogens is 2. The van der Waals surface area contributed by atoms with E-state index in [0.717, 1.165) is 16.8 Å². The molecule has 1 aromatic heterocycles. The van der Waals surface area contributed by atoms with Gasteiger partial charge < -0.3 is 10.2 Å². The Kier molecular flexibility index (Phi) is 8.56. The van der Waals surface area contributed by atoms with Crippen molar-refractivity contribution < 1.29 is 10.2 Å². The van der Waals surface area contributed by atoms with Gasteiger partial charge in [0, 0.05) is 24.9 Å². The molecule has 1 heterocycles. The van der Waals surface area contributed by atoms with Crippen molar-refractivity contribution in [2.45, 2.75) is 33.3 Å². The van der Waals surface area contributed by atoms with Crippen LogP contribution in [0.25, 0.3) is 0 Å². The summed E-state index contributed by atoms with van der Waals surface area (Å²) in [6.45, 7) is 5.91. The molecule has 126 valence electrons. The highest BCUT2D eigenvalue weighted by Crippen LogP contribution is 2.25. The number of hydrogen-bond donors (Lipinski definition) is 2. The fourth-order valence-corrected chi connectivity index (χ4v) is 2.34. The molecule has 0 aliphatic heterocycles. The second-order valence-electron chi connectivity index (χ2n) is 5.51. The number of hydrogen-bond acceptors (Lipinski definition) is 3. The van der Waals surface area contributed by atoms with Crippen molar-refractivity contribution in [2.75, 3.05) is 6.61 Å². The first-order valence-corrected chi connectivity index (χ1v) is 8.32. The molecule has 5 heteroatoms. The largest absolute Gasteiger partial charge is 0.397 e. The Bertz CT molecular complexity index is 618. The molecule has 0 aliphatic carbocycles. The van der Waals surface area contributed by atoms with Crippen molar-refractivity contribution in [3.63, 3.8) is 0 Å². The zero-order chi connectivity index (χ0) is 17.4. The van der Waals surface area contributed by atoms with Crippen LogP contribution in [0.3, 0.4) is 0 Å². The van der Waals surface area contributed by atoms with Gasteiger partial charge in [-0.3, -0.25) is 4.98 Å². The summed E-state index contributed by atoms with van der Waals surface area (Å²) >= 11 is 11.9. The van der Waals surface area contributed by atoms with Crippen molar-refractivity contribution in [3.8, 4) is 0 Å². The van der Waals surface area contributed by atoms with Gasteiger partial charge >= 0.3 is 0 Å². The Hall–Kier alpha value is -1.13. The van der Waals surface area contributed by atoms with Crippen molar-refractivity contribution >= 4 is 23.2 Å². The van der Waals surface area contributed by atoms with Gasteiger partial charge in [0.1, 0.15) is 0 Å². The third-order valence-corrected chi connectivity index (χ3v) is 3.92. The van der Waals surface area contributed by atoms with Gasteiger partial charge in [0.25, 0.3) is 0 Å². The smallest absolute Gasteiger partial charge is 0.0814 e. The SMILES string of the molecule is CC(C)C(O)c1ccnc(Cc2ccc(Cl)c(Cl)c2)c1.CCO. The topological polar surface area (TPSA) is 53.4 Å². The molecular weight excluding hydrogens is 333 g/mol. The molecule has 0 saturated heterocycles. The predicted octanol–water partition coefficient (Wildman–Crippen LogP) is 4.67. The second-order valence-corrected chi connectivity index (χ2v) is 6.33. The van der Waals surface area contributed by atoms with Gasteiger partial charge in [-0.15, -0.1) is 0 Å². The fraction of sp³-hybridized carbons (Fsp3) is 0.389. The molecule has 0 spiro atoms. The quantitative estimate of drug-likeness (QED) is 0.837. The van der Waals surface area contributed by atoms with E-state index in [1.54, 1.807) is 19.2 Å². The Morgan fingerprint density at radius 3 is 2.30 bits per heavy atom. The van der Waals surface area contributed by atoms with Crippen molar-refractivity contribution in [2.24, 2.45) is 5.92 Å². The lowest BCUT2D eigenvalue weighted by atomic mass is 9.98. The molecule has 0 aliphatic rings. The summed E-state index contributed by atoms with van der Waals surface area (Å²) in [7, 11) is 0. The molecule has 3 nitrogen and oxygen atoms in total. The fourth-order valence-electron chi connectivity index (χ4n) is 2.02. The third-order valence-electron chi connectivity index (χ3n) is 3.18. The van der Waals surface area contributed by atoms with Crippen LogP contribution in [0.1, 0.15) is 43.7 Å². The van der Waals surface area contributed by atoms with Crippen molar-refractivity contribution in [3.05, 3.63) is 63.4 Å². The van der Waals surface area contributed by atoms with E-state index < -0.39 is 6.10 Å². The molecule has 0 radical (unpaired) electrons. The van der Waals surface area contributed by atoms with Gasteiger partial charge in [-0.2, -0.15) is 0 Å². The van der Waals surface area contributed by atoms with Gasteiger partial charge in [0.05, 0.1) is 16.1 Å². The number of aliphatic hydroxyl groups is 2. The summed E-state index contributed by atoms with van der Waals surface area (Å²) in [6.07, 6.45) is 1.93. The van der Waals surface area contributed by atoms with Crippen LogP contribution in [0.15, 0.2) is 36.5 Å². The normalized spacial score (nSPS) is 11.8. The molecule has 23 heavy (non-hydrogen) atoms. The molecule has 2 aromatic rings. The maximum Gasteiger partial charge on any atom is 0.0814 e. The van der Waals surface area contributed by atoms with E-state index in [1.807, 2.05) is 38.1 Å². The van der Waals surface area contributed by atoms with Gasteiger partial charge in [-0.1, -0.05) is 43.1 Å². The summed E-state index contributed by atoms with van der Waals surface area (Å²) in [5.41, 5.74) is 2.84. The molecular formula is C18H23Cl2NO2. The standard InChI is InChI=1S/C16H17Cl2NO.C2H6O/c1-10(2)16(20)12-5-6-19-13(9-12)7-11-3-4-14(17)15(18)8-11;1-2-3/h3-6,8-10,16,20H,7H2,1-2H3;3H,2H2,1H3. The van der Waals surface area contributed by atoms with Crippen LogP contribution >= 0.6 is 23.2 Å². The summed E-state index contributed by atoms with van der Waals surface area (Å²) < 4.78 is 0. The Morgan fingerprint density at radius 1 is 1.09 bits per heavy atom. The highest BCUT2D eigenvalue weighted by atomic mass is 35.5. The molecule has 1 unspecified atom stereocenters. The maximum atomic E-state index is 10.1.